The fraction of sp³-hybridized carbons (Fsp3) is 0.462. The fourth-order valence-electron chi connectivity index (χ4n) is 1.42. The smallest absolute Gasteiger partial charge is 0.225 e. The molecule has 0 radical (unpaired) electrons. The summed E-state index contributed by atoms with van der Waals surface area (Å²) in [5.74, 6) is 1.74. The van der Waals surface area contributed by atoms with Gasteiger partial charge in [-0.15, -0.1) is 0 Å². The molecule has 0 spiro atoms. The maximum atomic E-state index is 11.7. The summed E-state index contributed by atoms with van der Waals surface area (Å²) in [6, 6.07) is 5.02. The Morgan fingerprint density at radius 1 is 1.47 bits per heavy atom. The number of carbonyl (C=O) groups excluding carboxylic acids is 1. The summed E-state index contributed by atoms with van der Waals surface area (Å²) in [5, 5.41) is 3.32. The van der Waals surface area contributed by atoms with Gasteiger partial charge in [-0.2, -0.15) is 11.8 Å². The Bertz CT molecular complexity index is 416. The van der Waals surface area contributed by atoms with Gasteiger partial charge >= 0.3 is 0 Å². The van der Waals surface area contributed by atoms with E-state index in [-0.39, 0.29) is 5.91 Å². The third-order valence-corrected chi connectivity index (χ3v) is 3.71. The van der Waals surface area contributed by atoms with Crippen LogP contribution < -0.4 is 11.1 Å². The Morgan fingerprint density at radius 3 is 3.00 bits per heavy atom. The largest absolute Gasteiger partial charge is 0.397 e. The minimum absolute atomic E-state index is 0.0480. The maximum Gasteiger partial charge on any atom is 0.225 e. The molecule has 6 heteroatoms. The second kappa shape index (κ2) is 9.07. The zero-order chi connectivity index (χ0) is 14.1. The van der Waals surface area contributed by atoms with E-state index >= 15 is 0 Å². The molecule has 0 aliphatic rings. The molecule has 4 nitrogen and oxygen atoms in total. The monoisotopic (exact) mass is 302 g/mol. The number of halogens is 1. The predicted molar refractivity (Wildman–Crippen MR) is 82.9 cm³/mol. The van der Waals surface area contributed by atoms with Crippen LogP contribution >= 0.6 is 23.4 Å². The zero-order valence-corrected chi connectivity index (χ0v) is 12.5. The molecule has 1 aromatic carbocycles. The first-order valence-corrected chi connectivity index (χ1v) is 7.58. The molecule has 0 atom stereocenters. The number of nitrogens with two attached hydrogens (primary N) is 1. The van der Waals surface area contributed by atoms with Gasteiger partial charge in [0.2, 0.25) is 5.91 Å². The summed E-state index contributed by atoms with van der Waals surface area (Å²) in [4.78, 5) is 11.7. The van der Waals surface area contributed by atoms with E-state index in [1.54, 1.807) is 37.1 Å². The maximum absolute atomic E-state index is 11.7. The van der Waals surface area contributed by atoms with Gasteiger partial charge in [0.05, 0.1) is 11.4 Å². The summed E-state index contributed by atoms with van der Waals surface area (Å²) < 4.78 is 4.95. The molecule has 0 aliphatic heterocycles. The minimum Gasteiger partial charge on any atom is -0.397 e. The topological polar surface area (TPSA) is 64.3 Å². The molecule has 106 valence electrons. The lowest BCUT2D eigenvalue weighted by molar-refractivity contribution is -0.115. The van der Waals surface area contributed by atoms with Crippen LogP contribution in [-0.4, -0.2) is 31.1 Å². The van der Waals surface area contributed by atoms with Crippen LogP contribution in [0.15, 0.2) is 18.2 Å². The molecule has 0 saturated heterocycles. The molecule has 0 saturated carbocycles. The zero-order valence-electron chi connectivity index (χ0n) is 10.9. The lowest BCUT2D eigenvalue weighted by atomic mass is 10.2. The van der Waals surface area contributed by atoms with Crippen molar-refractivity contribution < 1.29 is 9.53 Å². The van der Waals surface area contributed by atoms with Gasteiger partial charge in [-0.3, -0.25) is 4.79 Å². The summed E-state index contributed by atoms with van der Waals surface area (Å²) in [6.07, 6.45) is 1.47. The fourth-order valence-corrected chi connectivity index (χ4v) is 2.45. The van der Waals surface area contributed by atoms with Gasteiger partial charge in [-0.25, -0.2) is 0 Å². The van der Waals surface area contributed by atoms with Gasteiger partial charge in [-0.1, -0.05) is 11.6 Å². The van der Waals surface area contributed by atoms with Crippen LogP contribution in [0.5, 0.6) is 0 Å². The van der Waals surface area contributed by atoms with Crippen molar-refractivity contribution in [3.05, 3.63) is 23.2 Å². The molecule has 1 amide bonds. The standard InChI is InChI=1S/C13H19ClN2O2S/c1-18-6-2-7-19-8-5-13(17)16-12-9-10(14)3-4-11(12)15/h3-4,9H,2,5-8,15H2,1H3,(H,16,17). The summed E-state index contributed by atoms with van der Waals surface area (Å²) >= 11 is 7.59. The van der Waals surface area contributed by atoms with Crippen molar-refractivity contribution >= 4 is 40.6 Å². The first kappa shape index (κ1) is 16.1. The third-order valence-electron chi connectivity index (χ3n) is 2.40. The second-order valence-electron chi connectivity index (χ2n) is 3.99. The number of anilines is 2. The third kappa shape index (κ3) is 6.71. The van der Waals surface area contributed by atoms with Gasteiger partial charge in [0.1, 0.15) is 0 Å². The number of ether oxygens (including phenoxy) is 1. The number of amides is 1. The molecule has 1 aromatic rings. The number of nitrogens with one attached hydrogen (secondary N) is 1. The molecule has 3 N–H and O–H groups in total. The number of thioether (sulfide) groups is 1. The number of nitrogen functional groups attached to an aromatic ring is 1. The highest BCUT2D eigenvalue weighted by molar-refractivity contribution is 7.99. The Labute approximate surface area is 123 Å². The van der Waals surface area contributed by atoms with Crippen LogP contribution in [0.2, 0.25) is 5.02 Å². The van der Waals surface area contributed by atoms with Crippen molar-refractivity contribution in [3.8, 4) is 0 Å². The van der Waals surface area contributed by atoms with Gasteiger partial charge in [-0.05, 0) is 30.4 Å². The van der Waals surface area contributed by atoms with Crippen LogP contribution in [0.1, 0.15) is 12.8 Å². The molecule has 1 rings (SSSR count). The number of hydrogen-bond acceptors (Lipinski definition) is 4. The first-order valence-electron chi connectivity index (χ1n) is 6.05. The van der Waals surface area contributed by atoms with E-state index in [2.05, 4.69) is 5.32 Å². The Kier molecular flexibility index (Phi) is 7.70. The predicted octanol–water partition coefficient (Wildman–Crippen LogP) is 3.02. The van der Waals surface area contributed by atoms with E-state index in [1.807, 2.05) is 0 Å². The number of carbonyl (C=O) groups is 1. The van der Waals surface area contributed by atoms with Crippen molar-refractivity contribution in [2.24, 2.45) is 0 Å². The average Bonchev–Trinajstić information content (AvgIpc) is 2.38. The van der Waals surface area contributed by atoms with Crippen LogP contribution in [0, 0.1) is 0 Å². The number of hydrogen-bond donors (Lipinski definition) is 2. The molecule has 0 fully saturated rings. The number of benzene rings is 1. The van der Waals surface area contributed by atoms with Gasteiger partial charge in [0.15, 0.2) is 0 Å². The molecular weight excluding hydrogens is 284 g/mol. The van der Waals surface area contributed by atoms with Crippen LogP contribution in [0.25, 0.3) is 0 Å². The Morgan fingerprint density at radius 2 is 2.26 bits per heavy atom. The summed E-state index contributed by atoms with van der Waals surface area (Å²) in [6.45, 7) is 0.762. The highest BCUT2D eigenvalue weighted by Crippen LogP contribution is 2.23. The van der Waals surface area contributed by atoms with E-state index in [4.69, 9.17) is 22.1 Å². The normalized spacial score (nSPS) is 10.4. The van der Waals surface area contributed by atoms with E-state index in [0.717, 1.165) is 24.5 Å². The number of rotatable bonds is 8. The lowest BCUT2D eigenvalue weighted by Crippen LogP contribution is -2.13. The molecule has 0 unspecified atom stereocenters. The lowest BCUT2D eigenvalue weighted by Gasteiger charge is -2.08. The molecule has 19 heavy (non-hydrogen) atoms. The van der Waals surface area contributed by atoms with Crippen LogP contribution in [0.4, 0.5) is 11.4 Å². The quantitative estimate of drug-likeness (QED) is 0.572. The van der Waals surface area contributed by atoms with E-state index in [0.29, 0.717) is 22.8 Å². The van der Waals surface area contributed by atoms with Crippen molar-refractivity contribution in [3.63, 3.8) is 0 Å². The summed E-state index contributed by atoms with van der Waals surface area (Å²) in [5.41, 5.74) is 6.85. The number of methoxy groups -OCH3 is 1. The minimum atomic E-state index is -0.0480. The average molecular weight is 303 g/mol. The molecule has 0 bridgehead atoms. The van der Waals surface area contributed by atoms with Gasteiger partial charge in [0.25, 0.3) is 0 Å². The van der Waals surface area contributed by atoms with Crippen molar-refractivity contribution in [1.29, 1.82) is 0 Å². The SMILES string of the molecule is COCCCSCCC(=O)Nc1cc(Cl)ccc1N. The Hall–Kier alpha value is -0.910. The van der Waals surface area contributed by atoms with E-state index < -0.39 is 0 Å². The first-order chi connectivity index (χ1) is 9.13. The van der Waals surface area contributed by atoms with Crippen molar-refractivity contribution in [2.45, 2.75) is 12.8 Å². The molecule has 0 aromatic heterocycles. The van der Waals surface area contributed by atoms with Crippen LogP contribution in [0.3, 0.4) is 0 Å². The van der Waals surface area contributed by atoms with Gasteiger partial charge in [0, 0.05) is 30.9 Å². The molecule has 0 aliphatic carbocycles. The molecular formula is C13H19ClN2O2S. The van der Waals surface area contributed by atoms with Gasteiger partial charge < -0.3 is 15.8 Å². The van der Waals surface area contributed by atoms with E-state index in [9.17, 15) is 4.79 Å². The second-order valence-corrected chi connectivity index (χ2v) is 5.65. The summed E-state index contributed by atoms with van der Waals surface area (Å²) in [7, 11) is 1.69. The Balaban J connectivity index is 2.25. The molecule has 0 heterocycles. The highest BCUT2D eigenvalue weighted by Gasteiger charge is 2.05. The van der Waals surface area contributed by atoms with Crippen LogP contribution in [-0.2, 0) is 9.53 Å². The highest BCUT2D eigenvalue weighted by atomic mass is 35.5. The van der Waals surface area contributed by atoms with Crippen molar-refractivity contribution in [1.82, 2.24) is 0 Å². The van der Waals surface area contributed by atoms with Crippen molar-refractivity contribution in [2.75, 3.05) is 36.3 Å². The van der Waals surface area contributed by atoms with E-state index in [1.165, 1.54) is 0 Å².